The van der Waals surface area contributed by atoms with Crippen LogP contribution in [0.25, 0.3) is 11.4 Å². The molecule has 0 bridgehead atoms. The molecule has 1 aliphatic carbocycles. The quantitative estimate of drug-likeness (QED) is 0.650. The van der Waals surface area contributed by atoms with Crippen LogP contribution in [0.3, 0.4) is 0 Å². The van der Waals surface area contributed by atoms with Crippen LogP contribution < -0.4 is 0 Å². The molecule has 2 aromatic heterocycles. The van der Waals surface area contributed by atoms with Gasteiger partial charge in [-0.1, -0.05) is 11.6 Å². The summed E-state index contributed by atoms with van der Waals surface area (Å²) in [5, 5.41) is 3.12. The second-order valence-corrected chi connectivity index (χ2v) is 8.33. The van der Waals surface area contributed by atoms with Crippen molar-refractivity contribution in [3.05, 3.63) is 82.1 Å². The fourth-order valence-corrected chi connectivity index (χ4v) is 5.10. The number of hydrogen-bond donors (Lipinski definition) is 0. The lowest BCUT2D eigenvalue weighted by Gasteiger charge is -2.33. The van der Waals surface area contributed by atoms with Gasteiger partial charge >= 0.3 is 0 Å². The molecule has 0 N–H and O–H groups in total. The lowest BCUT2D eigenvalue weighted by molar-refractivity contribution is 0.331. The highest BCUT2D eigenvalue weighted by molar-refractivity contribution is 7.10. The molecule has 2 aromatic rings. The first kappa shape index (κ1) is 17.5. The number of allylic oxidation sites excluding steroid dienone is 5. The van der Waals surface area contributed by atoms with Crippen molar-refractivity contribution in [2.24, 2.45) is 5.92 Å². The Morgan fingerprint density at radius 2 is 1.93 bits per heavy atom. The molecule has 28 heavy (non-hydrogen) atoms. The summed E-state index contributed by atoms with van der Waals surface area (Å²) in [6.45, 7) is 0.824. The highest BCUT2D eigenvalue weighted by Crippen LogP contribution is 2.42. The molecule has 0 aromatic carbocycles. The molecule has 1 saturated carbocycles. The number of halogens is 2. The Morgan fingerprint density at radius 3 is 2.79 bits per heavy atom. The third kappa shape index (κ3) is 3.33. The van der Waals surface area contributed by atoms with Gasteiger partial charge in [0.05, 0.1) is 22.6 Å². The van der Waals surface area contributed by atoms with Crippen molar-refractivity contribution in [3.63, 3.8) is 0 Å². The molecule has 0 radical (unpaired) electrons. The molecule has 4 heterocycles. The van der Waals surface area contributed by atoms with E-state index in [0.717, 1.165) is 42.2 Å². The van der Waals surface area contributed by atoms with Crippen LogP contribution in [-0.2, 0) is 0 Å². The Labute approximate surface area is 166 Å². The van der Waals surface area contributed by atoms with Gasteiger partial charge in [0.1, 0.15) is 11.6 Å². The van der Waals surface area contributed by atoms with Crippen molar-refractivity contribution in [1.82, 2.24) is 14.9 Å². The molecule has 2 aliphatic heterocycles. The van der Waals surface area contributed by atoms with E-state index >= 15 is 0 Å². The standard InChI is InChI=1S/C22H19F2N3S/c23-17-5-8-20(25-10-17)21-13-28-22(26-21)15-1-2-16-11-27-12-18(24)4-7-19(27)6-3-14(16)9-15/h3-8,10,12-13,15-16H,1-2,9,11H2/t15-,16-/m1/s1. The predicted molar refractivity (Wildman–Crippen MR) is 107 cm³/mol. The number of nitrogens with zero attached hydrogens (tertiary/aromatic N) is 3. The Balaban J connectivity index is 1.35. The Morgan fingerprint density at radius 1 is 1.04 bits per heavy atom. The van der Waals surface area contributed by atoms with E-state index in [1.165, 1.54) is 23.9 Å². The minimum Gasteiger partial charge on any atom is -0.344 e. The van der Waals surface area contributed by atoms with Crippen molar-refractivity contribution >= 4 is 11.3 Å². The highest BCUT2D eigenvalue weighted by Gasteiger charge is 2.31. The monoisotopic (exact) mass is 395 g/mol. The lowest BCUT2D eigenvalue weighted by atomic mass is 9.78. The predicted octanol–water partition coefficient (Wildman–Crippen LogP) is 5.73. The topological polar surface area (TPSA) is 29.0 Å². The molecular weight excluding hydrogens is 376 g/mol. The molecule has 2 atom stereocenters. The smallest absolute Gasteiger partial charge is 0.141 e. The van der Waals surface area contributed by atoms with E-state index in [-0.39, 0.29) is 11.6 Å². The summed E-state index contributed by atoms with van der Waals surface area (Å²) in [5.74, 6) is 0.295. The van der Waals surface area contributed by atoms with E-state index in [1.54, 1.807) is 23.6 Å². The SMILES string of the molecule is FC1=CN2C[C@H]3CC[C@@H](c4nc(-c5ccc(F)cn5)cs4)CC3=CC=C2C=C1. The summed E-state index contributed by atoms with van der Waals surface area (Å²) in [5.41, 5.74) is 3.96. The first-order valence-corrected chi connectivity index (χ1v) is 10.3. The maximum absolute atomic E-state index is 13.6. The number of aromatic nitrogens is 2. The van der Waals surface area contributed by atoms with E-state index < -0.39 is 0 Å². The first-order valence-electron chi connectivity index (χ1n) is 9.46. The maximum atomic E-state index is 13.6. The van der Waals surface area contributed by atoms with Crippen LogP contribution in [-0.4, -0.2) is 21.4 Å². The van der Waals surface area contributed by atoms with Crippen molar-refractivity contribution < 1.29 is 8.78 Å². The number of pyridine rings is 1. The fourth-order valence-electron chi connectivity index (χ4n) is 4.15. The number of rotatable bonds is 2. The van der Waals surface area contributed by atoms with Gasteiger partial charge in [0.15, 0.2) is 0 Å². The second kappa shape index (κ2) is 7.09. The average Bonchev–Trinajstić information content (AvgIpc) is 3.12. The van der Waals surface area contributed by atoms with Gasteiger partial charge in [0.2, 0.25) is 0 Å². The van der Waals surface area contributed by atoms with Gasteiger partial charge in [-0.15, -0.1) is 11.3 Å². The van der Waals surface area contributed by atoms with Crippen molar-refractivity contribution in [3.8, 4) is 11.4 Å². The van der Waals surface area contributed by atoms with Crippen molar-refractivity contribution in [2.45, 2.75) is 25.2 Å². The van der Waals surface area contributed by atoms with Crippen LogP contribution in [0.2, 0.25) is 0 Å². The third-order valence-electron chi connectivity index (χ3n) is 5.64. The van der Waals surface area contributed by atoms with Crippen LogP contribution in [0, 0.1) is 11.7 Å². The van der Waals surface area contributed by atoms with E-state index in [1.807, 2.05) is 16.4 Å². The summed E-state index contributed by atoms with van der Waals surface area (Å²) < 4.78 is 26.7. The summed E-state index contributed by atoms with van der Waals surface area (Å²) in [7, 11) is 0. The zero-order valence-electron chi connectivity index (χ0n) is 15.2. The molecular formula is C22H19F2N3S. The molecule has 0 unspecified atom stereocenters. The zero-order valence-corrected chi connectivity index (χ0v) is 16.0. The van der Waals surface area contributed by atoms with Gasteiger partial charge in [0, 0.05) is 29.7 Å². The highest BCUT2D eigenvalue weighted by atomic mass is 32.1. The van der Waals surface area contributed by atoms with E-state index in [9.17, 15) is 8.78 Å². The van der Waals surface area contributed by atoms with Crippen molar-refractivity contribution in [1.29, 1.82) is 0 Å². The molecule has 3 nitrogen and oxygen atoms in total. The summed E-state index contributed by atoms with van der Waals surface area (Å²) >= 11 is 1.65. The summed E-state index contributed by atoms with van der Waals surface area (Å²) in [6, 6.07) is 3.08. The van der Waals surface area contributed by atoms with Gasteiger partial charge in [-0.2, -0.15) is 0 Å². The summed E-state index contributed by atoms with van der Waals surface area (Å²) in [6.07, 6.45) is 13.6. The van der Waals surface area contributed by atoms with Gasteiger partial charge in [-0.25, -0.2) is 13.8 Å². The van der Waals surface area contributed by atoms with Crippen molar-refractivity contribution in [2.75, 3.05) is 6.54 Å². The number of thiazole rings is 1. The minimum absolute atomic E-state index is 0.195. The summed E-state index contributed by atoms with van der Waals surface area (Å²) in [4.78, 5) is 10.9. The molecule has 142 valence electrons. The Kier molecular flexibility index (Phi) is 4.43. The molecule has 0 spiro atoms. The van der Waals surface area contributed by atoms with Gasteiger partial charge in [-0.05, 0) is 55.5 Å². The Hall–Kier alpha value is -2.60. The zero-order chi connectivity index (χ0) is 19.1. The molecule has 0 amide bonds. The van der Waals surface area contributed by atoms with E-state index in [2.05, 4.69) is 17.1 Å². The number of hydrogen-bond acceptors (Lipinski definition) is 4. The number of fused-ring (bicyclic) bond motifs is 2. The maximum Gasteiger partial charge on any atom is 0.141 e. The molecule has 1 fully saturated rings. The van der Waals surface area contributed by atoms with Crippen LogP contribution in [0.15, 0.2) is 71.3 Å². The minimum atomic E-state index is -0.340. The lowest BCUT2D eigenvalue weighted by Crippen LogP contribution is -2.28. The van der Waals surface area contributed by atoms with Gasteiger partial charge < -0.3 is 4.90 Å². The van der Waals surface area contributed by atoms with Crippen LogP contribution in [0.4, 0.5) is 8.78 Å². The average molecular weight is 395 g/mol. The molecule has 3 aliphatic rings. The second-order valence-electron chi connectivity index (χ2n) is 7.44. The van der Waals surface area contributed by atoms with E-state index in [4.69, 9.17) is 4.98 Å². The first-order chi connectivity index (χ1) is 13.7. The third-order valence-corrected chi connectivity index (χ3v) is 6.65. The largest absolute Gasteiger partial charge is 0.344 e. The van der Waals surface area contributed by atoms with Gasteiger partial charge in [-0.3, -0.25) is 4.98 Å². The molecule has 5 rings (SSSR count). The normalized spacial score (nSPS) is 23.9. The fraction of sp³-hybridized carbons (Fsp3) is 0.273. The van der Waals surface area contributed by atoms with Crippen LogP contribution in [0.5, 0.6) is 0 Å². The molecule has 0 saturated heterocycles. The van der Waals surface area contributed by atoms with Crippen LogP contribution >= 0.6 is 11.3 Å². The molecule has 6 heteroatoms. The van der Waals surface area contributed by atoms with Crippen LogP contribution in [0.1, 0.15) is 30.2 Å². The Bertz CT molecular complexity index is 1020. The van der Waals surface area contributed by atoms with Gasteiger partial charge in [0.25, 0.3) is 0 Å². The van der Waals surface area contributed by atoms with E-state index in [0.29, 0.717) is 17.5 Å².